The first-order valence-electron chi connectivity index (χ1n) is 16.4. The monoisotopic (exact) mass is 704 g/mol. The predicted octanol–water partition coefficient (Wildman–Crippen LogP) is 1.02. The molecule has 0 atom stereocenters. The van der Waals surface area contributed by atoms with E-state index in [1.807, 2.05) is 24.3 Å². The summed E-state index contributed by atoms with van der Waals surface area (Å²) >= 11 is 0. The van der Waals surface area contributed by atoms with E-state index in [4.69, 9.17) is 18.9 Å². The van der Waals surface area contributed by atoms with Crippen LogP contribution in [-0.4, -0.2) is 159 Å². The van der Waals surface area contributed by atoms with Gasteiger partial charge in [0.05, 0.1) is 52.9 Å². The van der Waals surface area contributed by atoms with Crippen LogP contribution in [0.15, 0.2) is 48.5 Å². The molecule has 1 heterocycles. The molecule has 50 heavy (non-hydrogen) atoms. The van der Waals surface area contributed by atoms with Gasteiger partial charge in [-0.2, -0.15) is 0 Å². The van der Waals surface area contributed by atoms with Crippen LogP contribution in [0.3, 0.4) is 0 Å². The molecule has 16 nitrogen and oxygen atoms in total. The highest BCUT2D eigenvalue weighted by Gasteiger charge is 2.20. The number of carboxylic acids is 4. The van der Waals surface area contributed by atoms with Gasteiger partial charge < -0.3 is 49.2 Å². The molecule has 16 heteroatoms. The summed E-state index contributed by atoms with van der Waals surface area (Å²) in [6.45, 7) is 4.26. The predicted molar refractivity (Wildman–Crippen MR) is 182 cm³/mol. The molecule has 0 bridgehead atoms. The Labute approximate surface area is 291 Å². The second kappa shape index (κ2) is 22.4. The van der Waals surface area contributed by atoms with E-state index in [0.717, 1.165) is 11.1 Å². The van der Waals surface area contributed by atoms with Crippen LogP contribution < -0.4 is 9.80 Å². The van der Waals surface area contributed by atoms with Crippen LogP contribution in [0.25, 0.3) is 0 Å². The van der Waals surface area contributed by atoms with E-state index in [0.29, 0.717) is 103 Å². The summed E-state index contributed by atoms with van der Waals surface area (Å²) in [6.07, 6.45) is 0. The normalized spacial score (nSPS) is 16.5. The molecule has 0 saturated carbocycles. The SMILES string of the molecule is O=C(O)CN(CC(=O)O)c1ccccc1CN1CCOCCOCCN(Cc2ccccc2N(CC(=O)O)CC(=O)O)CCOCCOCC1. The molecule has 3 rings (SSSR count). The van der Waals surface area contributed by atoms with E-state index in [2.05, 4.69) is 9.80 Å². The average Bonchev–Trinajstić information content (AvgIpc) is 3.05. The zero-order valence-corrected chi connectivity index (χ0v) is 28.2. The number of ether oxygens (including phenoxy) is 4. The number of para-hydroxylation sites is 2. The highest BCUT2D eigenvalue weighted by molar-refractivity contribution is 5.81. The van der Waals surface area contributed by atoms with Gasteiger partial charge >= 0.3 is 23.9 Å². The Morgan fingerprint density at radius 3 is 1.04 bits per heavy atom. The number of rotatable bonds is 14. The van der Waals surface area contributed by atoms with Gasteiger partial charge in [-0.05, 0) is 23.3 Å². The lowest BCUT2D eigenvalue weighted by atomic mass is 10.1. The third-order valence-electron chi connectivity index (χ3n) is 7.71. The molecule has 0 aliphatic carbocycles. The molecule has 0 unspecified atom stereocenters. The molecule has 0 aromatic heterocycles. The summed E-state index contributed by atoms with van der Waals surface area (Å²) in [6, 6.07) is 14.3. The van der Waals surface area contributed by atoms with Crippen molar-refractivity contribution in [3.63, 3.8) is 0 Å². The number of anilines is 2. The Bertz CT molecular complexity index is 1210. The highest BCUT2D eigenvalue weighted by Crippen LogP contribution is 2.23. The molecule has 0 radical (unpaired) electrons. The standard InChI is InChI=1S/C34H48N4O12/c39-31(40)23-37(24-32(41)42)29-7-3-1-5-27(29)21-35-9-13-47-17-19-49-15-11-36(12-16-50-20-18-48-14-10-35)22-28-6-2-4-8-30(28)38(25-33(43)44)26-34(45)46/h1-8H,9-26H2,(H,39,40)(H,41,42)(H,43,44)(H,45,46). The van der Waals surface area contributed by atoms with Crippen molar-refractivity contribution in [2.75, 3.05) is 115 Å². The van der Waals surface area contributed by atoms with E-state index in [-0.39, 0.29) is 0 Å². The van der Waals surface area contributed by atoms with Gasteiger partial charge in [-0.25, -0.2) is 0 Å². The number of benzene rings is 2. The quantitative estimate of drug-likeness (QED) is 0.217. The summed E-state index contributed by atoms with van der Waals surface area (Å²) in [5.74, 6) is -4.50. The van der Waals surface area contributed by atoms with Crippen LogP contribution in [0.1, 0.15) is 11.1 Å². The van der Waals surface area contributed by atoms with Gasteiger partial charge in [0, 0.05) is 50.6 Å². The van der Waals surface area contributed by atoms with E-state index >= 15 is 0 Å². The fourth-order valence-electron chi connectivity index (χ4n) is 5.45. The van der Waals surface area contributed by atoms with Gasteiger partial charge in [-0.15, -0.1) is 0 Å². The van der Waals surface area contributed by atoms with E-state index in [9.17, 15) is 39.6 Å². The fourth-order valence-corrected chi connectivity index (χ4v) is 5.45. The first kappa shape index (κ1) is 40.1. The van der Waals surface area contributed by atoms with Crippen LogP contribution in [0.5, 0.6) is 0 Å². The first-order chi connectivity index (χ1) is 24.1. The molecule has 1 saturated heterocycles. The second-order valence-corrected chi connectivity index (χ2v) is 11.5. The average molecular weight is 705 g/mol. The molecule has 0 spiro atoms. The maximum absolute atomic E-state index is 11.5. The van der Waals surface area contributed by atoms with Gasteiger partial charge in [-0.3, -0.25) is 29.0 Å². The maximum Gasteiger partial charge on any atom is 0.323 e. The number of carbonyl (C=O) groups is 4. The third kappa shape index (κ3) is 15.5. The summed E-state index contributed by atoms with van der Waals surface area (Å²) in [7, 11) is 0. The number of nitrogens with zero attached hydrogens (tertiary/aromatic N) is 4. The molecule has 1 aliphatic heterocycles. The van der Waals surface area contributed by atoms with Crippen molar-refractivity contribution >= 4 is 35.3 Å². The smallest absolute Gasteiger partial charge is 0.323 e. The van der Waals surface area contributed by atoms with Crippen LogP contribution >= 0.6 is 0 Å². The molecule has 0 amide bonds. The van der Waals surface area contributed by atoms with E-state index in [1.54, 1.807) is 24.3 Å². The molecule has 4 N–H and O–H groups in total. The van der Waals surface area contributed by atoms with Crippen LogP contribution in [0.4, 0.5) is 11.4 Å². The van der Waals surface area contributed by atoms with Crippen LogP contribution in [-0.2, 0) is 51.2 Å². The summed E-state index contributed by atoms with van der Waals surface area (Å²) < 4.78 is 23.4. The summed E-state index contributed by atoms with van der Waals surface area (Å²) in [5.41, 5.74) is 2.64. The first-order valence-corrected chi connectivity index (χ1v) is 16.4. The van der Waals surface area contributed by atoms with Crippen molar-refractivity contribution < 1.29 is 58.6 Å². The van der Waals surface area contributed by atoms with Crippen molar-refractivity contribution in [1.82, 2.24) is 9.80 Å². The maximum atomic E-state index is 11.5. The zero-order chi connectivity index (χ0) is 36.1. The largest absolute Gasteiger partial charge is 0.480 e. The van der Waals surface area contributed by atoms with Gasteiger partial charge in [0.25, 0.3) is 0 Å². The van der Waals surface area contributed by atoms with Crippen molar-refractivity contribution in [1.29, 1.82) is 0 Å². The fraction of sp³-hybridized carbons (Fsp3) is 0.529. The Balaban J connectivity index is 1.60. The summed E-state index contributed by atoms with van der Waals surface area (Å²) in [5, 5.41) is 37.5. The summed E-state index contributed by atoms with van der Waals surface area (Å²) in [4.78, 5) is 52.7. The molecule has 1 fully saturated rings. The molecule has 2 aromatic carbocycles. The van der Waals surface area contributed by atoms with Crippen LogP contribution in [0.2, 0.25) is 0 Å². The highest BCUT2D eigenvalue weighted by atomic mass is 16.5. The van der Waals surface area contributed by atoms with Gasteiger partial charge in [0.1, 0.15) is 26.2 Å². The van der Waals surface area contributed by atoms with E-state index in [1.165, 1.54) is 9.80 Å². The van der Waals surface area contributed by atoms with Crippen molar-refractivity contribution in [3.05, 3.63) is 59.7 Å². The number of hydrogen-bond acceptors (Lipinski definition) is 12. The lowest BCUT2D eigenvalue weighted by Gasteiger charge is -2.28. The minimum atomic E-state index is -1.13. The minimum Gasteiger partial charge on any atom is -0.480 e. The number of carboxylic acid groups (broad SMARTS) is 4. The molecule has 2 aromatic rings. The van der Waals surface area contributed by atoms with Crippen molar-refractivity contribution in [3.8, 4) is 0 Å². The van der Waals surface area contributed by atoms with Gasteiger partial charge in [-0.1, -0.05) is 36.4 Å². The topological polar surface area (TPSA) is 199 Å². The van der Waals surface area contributed by atoms with Gasteiger partial charge in [0.15, 0.2) is 0 Å². The lowest BCUT2D eigenvalue weighted by Crippen LogP contribution is -2.37. The van der Waals surface area contributed by atoms with E-state index < -0.39 is 50.1 Å². The second-order valence-electron chi connectivity index (χ2n) is 11.5. The Hall–Kier alpha value is -4.32. The Morgan fingerprint density at radius 2 is 0.760 bits per heavy atom. The minimum absolute atomic E-state index is 0.358. The Kier molecular flexibility index (Phi) is 18.0. The van der Waals surface area contributed by atoms with Crippen molar-refractivity contribution in [2.45, 2.75) is 13.1 Å². The molecular weight excluding hydrogens is 656 g/mol. The van der Waals surface area contributed by atoms with Crippen molar-refractivity contribution in [2.24, 2.45) is 0 Å². The molecular formula is C34H48N4O12. The third-order valence-corrected chi connectivity index (χ3v) is 7.71. The number of aliphatic carboxylic acids is 4. The van der Waals surface area contributed by atoms with Gasteiger partial charge in [0.2, 0.25) is 0 Å². The Morgan fingerprint density at radius 1 is 0.480 bits per heavy atom. The zero-order valence-electron chi connectivity index (χ0n) is 28.2. The van der Waals surface area contributed by atoms with Crippen LogP contribution in [0, 0.1) is 0 Å². The lowest BCUT2D eigenvalue weighted by molar-refractivity contribution is -0.138. The molecule has 276 valence electrons. The molecule has 1 aliphatic rings. The number of hydrogen-bond donors (Lipinski definition) is 4.